The van der Waals surface area contributed by atoms with Gasteiger partial charge >= 0.3 is 5.97 Å². The molecular weight excluding hydrogens is 208 g/mol. The molecule has 0 bridgehead atoms. The van der Waals surface area contributed by atoms with Crippen LogP contribution in [0.5, 0.6) is 5.75 Å². The summed E-state index contributed by atoms with van der Waals surface area (Å²) in [6.07, 6.45) is 3.50. The monoisotopic (exact) mass is 218 g/mol. The van der Waals surface area contributed by atoms with E-state index in [0.717, 1.165) is 11.1 Å². The molecule has 0 aliphatic heterocycles. The Balaban J connectivity index is 2.08. The first kappa shape index (κ1) is 10.2. The normalized spacial score (nSPS) is 10.0. The van der Waals surface area contributed by atoms with Crippen molar-refractivity contribution in [3.63, 3.8) is 0 Å². The van der Waals surface area contributed by atoms with Crippen molar-refractivity contribution in [3.8, 4) is 16.9 Å². The first-order chi connectivity index (χ1) is 7.75. The van der Waals surface area contributed by atoms with Crippen molar-refractivity contribution in [1.82, 2.24) is 10.2 Å². The first-order valence-corrected chi connectivity index (χ1v) is 4.69. The maximum Gasteiger partial charge on any atom is 0.341 e. The summed E-state index contributed by atoms with van der Waals surface area (Å²) in [6, 6.07) is 7.15. The molecule has 0 unspecified atom stereocenters. The molecular formula is C11H10N2O3. The second-order valence-electron chi connectivity index (χ2n) is 3.19. The topological polar surface area (TPSA) is 75.2 Å². The highest BCUT2D eigenvalue weighted by Crippen LogP contribution is 2.20. The van der Waals surface area contributed by atoms with Crippen LogP contribution in [0.4, 0.5) is 0 Å². The Labute approximate surface area is 91.7 Å². The minimum Gasteiger partial charge on any atom is -0.482 e. The van der Waals surface area contributed by atoms with Crippen molar-refractivity contribution in [2.24, 2.45) is 0 Å². The Kier molecular flexibility index (Phi) is 2.86. The second kappa shape index (κ2) is 4.48. The third-order valence-corrected chi connectivity index (χ3v) is 2.05. The maximum atomic E-state index is 10.3. The van der Waals surface area contributed by atoms with Crippen molar-refractivity contribution < 1.29 is 14.6 Å². The zero-order valence-electron chi connectivity index (χ0n) is 8.38. The van der Waals surface area contributed by atoms with Gasteiger partial charge in [0.25, 0.3) is 0 Å². The summed E-state index contributed by atoms with van der Waals surface area (Å²) in [7, 11) is 0. The smallest absolute Gasteiger partial charge is 0.341 e. The lowest BCUT2D eigenvalue weighted by Crippen LogP contribution is -2.09. The maximum absolute atomic E-state index is 10.3. The second-order valence-corrected chi connectivity index (χ2v) is 3.19. The number of carboxylic acid groups (broad SMARTS) is 1. The molecule has 0 fully saturated rings. The summed E-state index contributed by atoms with van der Waals surface area (Å²) in [5, 5.41) is 15.0. The zero-order chi connectivity index (χ0) is 11.4. The average Bonchev–Trinajstić information content (AvgIpc) is 2.80. The Hall–Kier alpha value is -2.30. The quantitative estimate of drug-likeness (QED) is 0.816. The molecule has 5 heteroatoms. The van der Waals surface area contributed by atoms with Gasteiger partial charge in [-0.3, -0.25) is 5.10 Å². The molecule has 0 aliphatic carbocycles. The number of aromatic amines is 1. The summed E-state index contributed by atoms with van der Waals surface area (Å²) in [4.78, 5) is 10.3. The van der Waals surface area contributed by atoms with Crippen molar-refractivity contribution in [1.29, 1.82) is 0 Å². The Morgan fingerprint density at radius 2 is 2.06 bits per heavy atom. The molecule has 0 spiro atoms. The van der Waals surface area contributed by atoms with Crippen LogP contribution in [0.3, 0.4) is 0 Å². The van der Waals surface area contributed by atoms with E-state index < -0.39 is 5.97 Å². The molecule has 82 valence electrons. The van der Waals surface area contributed by atoms with Crippen LogP contribution < -0.4 is 4.74 Å². The molecule has 1 aromatic heterocycles. The van der Waals surface area contributed by atoms with Gasteiger partial charge < -0.3 is 9.84 Å². The minimum absolute atomic E-state index is 0.328. The molecule has 0 atom stereocenters. The molecule has 0 radical (unpaired) electrons. The van der Waals surface area contributed by atoms with E-state index in [1.165, 1.54) is 0 Å². The molecule has 0 amide bonds. The lowest BCUT2D eigenvalue weighted by molar-refractivity contribution is -0.139. The lowest BCUT2D eigenvalue weighted by atomic mass is 10.1. The van der Waals surface area contributed by atoms with Gasteiger partial charge in [-0.05, 0) is 17.7 Å². The number of benzene rings is 1. The van der Waals surface area contributed by atoms with Crippen LogP contribution in [0.1, 0.15) is 0 Å². The highest BCUT2D eigenvalue weighted by molar-refractivity contribution is 5.68. The molecule has 0 saturated carbocycles. The highest BCUT2D eigenvalue weighted by atomic mass is 16.5. The number of H-pyrrole nitrogens is 1. The van der Waals surface area contributed by atoms with Gasteiger partial charge in [0.05, 0.1) is 6.20 Å². The van der Waals surface area contributed by atoms with Gasteiger partial charge in [0.1, 0.15) is 5.75 Å². The van der Waals surface area contributed by atoms with E-state index in [4.69, 9.17) is 9.84 Å². The Morgan fingerprint density at radius 1 is 1.31 bits per heavy atom. The van der Waals surface area contributed by atoms with E-state index >= 15 is 0 Å². The molecule has 1 heterocycles. The molecule has 0 aliphatic rings. The predicted molar refractivity (Wildman–Crippen MR) is 57.2 cm³/mol. The van der Waals surface area contributed by atoms with Crippen molar-refractivity contribution in [3.05, 3.63) is 36.7 Å². The zero-order valence-corrected chi connectivity index (χ0v) is 8.38. The van der Waals surface area contributed by atoms with Crippen molar-refractivity contribution in [2.75, 3.05) is 6.61 Å². The SMILES string of the molecule is O=C(O)COc1ccc(-c2cn[nH]c2)cc1. The molecule has 2 N–H and O–H groups in total. The van der Waals surface area contributed by atoms with Crippen LogP contribution in [0.2, 0.25) is 0 Å². The average molecular weight is 218 g/mol. The number of aliphatic carboxylic acids is 1. The van der Waals surface area contributed by atoms with Crippen LogP contribution in [-0.4, -0.2) is 27.9 Å². The largest absolute Gasteiger partial charge is 0.482 e. The standard InChI is InChI=1S/C11H10N2O3/c14-11(15)7-16-10-3-1-8(2-4-10)9-5-12-13-6-9/h1-6H,7H2,(H,12,13)(H,14,15). The number of ether oxygens (including phenoxy) is 1. The number of hydrogen-bond acceptors (Lipinski definition) is 3. The van der Waals surface area contributed by atoms with Gasteiger partial charge in [-0.2, -0.15) is 5.10 Å². The van der Waals surface area contributed by atoms with E-state index in [-0.39, 0.29) is 6.61 Å². The lowest BCUT2D eigenvalue weighted by Gasteiger charge is -2.03. The van der Waals surface area contributed by atoms with Crippen molar-refractivity contribution in [2.45, 2.75) is 0 Å². The molecule has 5 nitrogen and oxygen atoms in total. The number of carboxylic acids is 1. The van der Waals surface area contributed by atoms with E-state index in [2.05, 4.69) is 10.2 Å². The molecule has 1 aromatic carbocycles. The van der Waals surface area contributed by atoms with Gasteiger partial charge in [0.2, 0.25) is 0 Å². The fourth-order valence-corrected chi connectivity index (χ4v) is 1.30. The summed E-state index contributed by atoms with van der Waals surface area (Å²) in [5.74, 6) is -0.450. The third-order valence-electron chi connectivity index (χ3n) is 2.05. The Bertz CT molecular complexity index is 462. The fourth-order valence-electron chi connectivity index (χ4n) is 1.30. The summed E-state index contributed by atoms with van der Waals surface area (Å²) in [6.45, 7) is -0.328. The third kappa shape index (κ3) is 2.38. The molecule has 2 rings (SSSR count). The summed E-state index contributed by atoms with van der Waals surface area (Å²) < 4.78 is 5.02. The van der Waals surface area contributed by atoms with Crippen LogP contribution in [-0.2, 0) is 4.79 Å². The van der Waals surface area contributed by atoms with Crippen LogP contribution >= 0.6 is 0 Å². The van der Waals surface area contributed by atoms with Gasteiger partial charge in [-0.1, -0.05) is 12.1 Å². The number of nitrogens with one attached hydrogen (secondary N) is 1. The van der Waals surface area contributed by atoms with E-state index in [9.17, 15) is 4.79 Å². The van der Waals surface area contributed by atoms with Crippen molar-refractivity contribution >= 4 is 5.97 Å². The number of carbonyl (C=O) groups is 1. The minimum atomic E-state index is -0.987. The number of nitrogens with zero attached hydrogens (tertiary/aromatic N) is 1. The van der Waals surface area contributed by atoms with Crippen LogP contribution in [0, 0.1) is 0 Å². The fraction of sp³-hybridized carbons (Fsp3) is 0.0909. The van der Waals surface area contributed by atoms with E-state index in [1.54, 1.807) is 24.5 Å². The number of aromatic nitrogens is 2. The van der Waals surface area contributed by atoms with Crippen LogP contribution in [0.25, 0.3) is 11.1 Å². The van der Waals surface area contributed by atoms with E-state index in [1.807, 2.05) is 12.1 Å². The van der Waals surface area contributed by atoms with Crippen LogP contribution in [0.15, 0.2) is 36.7 Å². The van der Waals surface area contributed by atoms with E-state index in [0.29, 0.717) is 5.75 Å². The van der Waals surface area contributed by atoms with Gasteiger partial charge in [0.15, 0.2) is 6.61 Å². The first-order valence-electron chi connectivity index (χ1n) is 4.69. The summed E-state index contributed by atoms with van der Waals surface area (Å²) >= 11 is 0. The summed E-state index contributed by atoms with van der Waals surface area (Å²) in [5.41, 5.74) is 1.97. The molecule has 0 saturated heterocycles. The van der Waals surface area contributed by atoms with Gasteiger partial charge in [-0.15, -0.1) is 0 Å². The number of rotatable bonds is 4. The van der Waals surface area contributed by atoms with Gasteiger partial charge in [-0.25, -0.2) is 4.79 Å². The van der Waals surface area contributed by atoms with Gasteiger partial charge in [0, 0.05) is 11.8 Å². The Morgan fingerprint density at radius 3 is 2.62 bits per heavy atom. The number of hydrogen-bond donors (Lipinski definition) is 2. The molecule has 16 heavy (non-hydrogen) atoms. The predicted octanol–water partition coefficient (Wildman–Crippen LogP) is 1.54. The highest BCUT2D eigenvalue weighted by Gasteiger charge is 2.01. The molecule has 2 aromatic rings.